The number of nitrogens with one attached hydrogen (secondary N) is 1. The van der Waals surface area contributed by atoms with Crippen molar-refractivity contribution < 1.29 is 0 Å². The van der Waals surface area contributed by atoms with Crippen LogP contribution in [0.15, 0.2) is 18.2 Å². The molecule has 19 heavy (non-hydrogen) atoms. The Morgan fingerprint density at radius 1 is 1.37 bits per heavy atom. The number of fused-ring (bicyclic) bond motifs is 1. The van der Waals surface area contributed by atoms with Crippen molar-refractivity contribution in [2.24, 2.45) is 0 Å². The predicted octanol–water partition coefficient (Wildman–Crippen LogP) is 2.86. The summed E-state index contributed by atoms with van der Waals surface area (Å²) in [4.78, 5) is 4.54. The average molecular weight is 256 g/mol. The molecule has 0 aliphatic carbocycles. The Morgan fingerprint density at radius 3 is 3.00 bits per heavy atom. The quantitative estimate of drug-likeness (QED) is 0.898. The van der Waals surface area contributed by atoms with Crippen LogP contribution in [0.5, 0.6) is 0 Å². The topological polar surface area (TPSA) is 42.7 Å². The van der Waals surface area contributed by atoms with E-state index in [1.807, 2.05) is 0 Å². The first-order valence-corrected chi connectivity index (χ1v) is 6.95. The first kappa shape index (κ1) is 12.2. The molecule has 1 atom stereocenters. The van der Waals surface area contributed by atoms with Crippen molar-refractivity contribution in [3.8, 4) is 0 Å². The van der Waals surface area contributed by atoms with Gasteiger partial charge < -0.3 is 5.32 Å². The lowest BCUT2D eigenvalue weighted by Gasteiger charge is -2.26. The van der Waals surface area contributed by atoms with E-state index in [2.05, 4.69) is 59.1 Å². The maximum atomic E-state index is 4.64. The molecule has 100 valence electrons. The number of benzene rings is 1. The summed E-state index contributed by atoms with van der Waals surface area (Å²) in [5.41, 5.74) is 4.00. The molecule has 2 heterocycles. The van der Waals surface area contributed by atoms with Gasteiger partial charge in [-0.2, -0.15) is 10.1 Å². The van der Waals surface area contributed by atoms with Gasteiger partial charge in [-0.15, -0.1) is 0 Å². The molecule has 1 aromatic heterocycles. The molecule has 0 saturated heterocycles. The molecule has 4 heteroatoms. The third-order valence-electron chi connectivity index (χ3n) is 3.78. The van der Waals surface area contributed by atoms with Crippen molar-refractivity contribution in [1.82, 2.24) is 14.8 Å². The second-order valence-electron chi connectivity index (χ2n) is 5.24. The lowest BCUT2D eigenvalue weighted by atomic mass is 9.96. The molecule has 4 nitrogen and oxygen atoms in total. The smallest absolute Gasteiger partial charge is 0.221 e. The van der Waals surface area contributed by atoms with Crippen molar-refractivity contribution >= 4 is 5.95 Å². The summed E-state index contributed by atoms with van der Waals surface area (Å²) >= 11 is 0. The Bertz CT molecular complexity index is 600. The van der Waals surface area contributed by atoms with Gasteiger partial charge in [-0.1, -0.05) is 30.7 Å². The van der Waals surface area contributed by atoms with Gasteiger partial charge in [0.2, 0.25) is 5.95 Å². The van der Waals surface area contributed by atoms with E-state index in [0.717, 1.165) is 31.2 Å². The first-order chi connectivity index (χ1) is 9.19. The van der Waals surface area contributed by atoms with E-state index in [0.29, 0.717) is 6.04 Å². The first-order valence-electron chi connectivity index (χ1n) is 6.95. The Kier molecular flexibility index (Phi) is 3.01. The van der Waals surface area contributed by atoms with Gasteiger partial charge in [0.05, 0.1) is 6.04 Å². The fraction of sp³-hybridized carbons (Fsp3) is 0.467. The van der Waals surface area contributed by atoms with E-state index in [1.54, 1.807) is 0 Å². The minimum atomic E-state index is 0.309. The summed E-state index contributed by atoms with van der Waals surface area (Å²) in [5, 5.41) is 7.98. The van der Waals surface area contributed by atoms with E-state index in [1.165, 1.54) is 16.7 Å². The number of rotatable bonds is 2. The highest BCUT2D eigenvalue weighted by Crippen LogP contribution is 2.30. The standard InChI is InChI=1S/C15H20N4/c1-4-14-17-15-16-8-7-13(19(15)18-14)12-9-10(2)5-6-11(12)3/h5-6,9,13H,4,7-8H2,1-3H3,(H,16,17,18). The van der Waals surface area contributed by atoms with E-state index in [4.69, 9.17) is 0 Å². The summed E-state index contributed by atoms with van der Waals surface area (Å²) in [7, 11) is 0. The van der Waals surface area contributed by atoms with E-state index in [-0.39, 0.29) is 0 Å². The van der Waals surface area contributed by atoms with Gasteiger partial charge in [0.25, 0.3) is 0 Å². The molecule has 2 aromatic rings. The maximum Gasteiger partial charge on any atom is 0.221 e. The fourth-order valence-electron chi connectivity index (χ4n) is 2.70. The average Bonchev–Trinajstić information content (AvgIpc) is 2.84. The molecule has 0 saturated carbocycles. The van der Waals surface area contributed by atoms with Crippen LogP contribution in [0.4, 0.5) is 5.95 Å². The highest BCUT2D eigenvalue weighted by molar-refractivity contribution is 5.38. The third-order valence-corrected chi connectivity index (χ3v) is 3.78. The lowest BCUT2D eigenvalue weighted by molar-refractivity contribution is 0.475. The molecular weight excluding hydrogens is 236 g/mol. The van der Waals surface area contributed by atoms with Crippen molar-refractivity contribution in [3.63, 3.8) is 0 Å². The molecule has 0 spiro atoms. The van der Waals surface area contributed by atoms with Crippen molar-refractivity contribution in [2.45, 2.75) is 39.7 Å². The molecule has 0 fully saturated rings. The Balaban J connectivity index is 2.07. The van der Waals surface area contributed by atoms with Crippen LogP contribution in [0.3, 0.4) is 0 Å². The molecule has 1 aliphatic heterocycles. The van der Waals surface area contributed by atoms with Crippen LogP contribution < -0.4 is 5.32 Å². The monoisotopic (exact) mass is 256 g/mol. The van der Waals surface area contributed by atoms with Gasteiger partial charge >= 0.3 is 0 Å². The van der Waals surface area contributed by atoms with Gasteiger partial charge in [0.1, 0.15) is 0 Å². The zero-order valence-corrected chi connectivity index (χ0v) is 11.8. The number of nitrogens with zero attached hydrogens (tertiary/aromatic N) is 3. The highest BCUT2D eigenvalue weighted by Gasteiger charge is 2.25. The molecular formula is C15H20N4. The van der Waals surface area contributed by atoms with Crippen molar-refractivity contribution in [3.05, 3.63) is 40.7 Å². The minimum absolute atomic E-state index is 0.309. The molecule has 0 radical (unpaired) electrons. The van der Waals surface area contributed by atoms with Gasteiger partial charge in [-0.05, 0) is 31.4 Å². The normalized spacial score (nSPS) is 17.9. The van der Waals surface area contributed by atoms with Crippen LogP contribution in [0, 0.1) is 13.8 Å². The Morgan fingerprint density at radius 2 is 2.21 bits per heavy atom. The Labute approximate surface area is 113 Å². The minimum Gasteiger partial charge on any atom is -0.354 e. The zero-order valence-electron chi connectivity index (χ0n) is 11.8. The molecule has 1 unspecified atom stereocenters. The van der Waals surface area contributed by atoms with E-state index in [9.17, 15) is 0 Å². The van der Waals surface area contributed by atoms with E-state index < -0.39 is 0 Å². The van der Waals surface area contributed by atoms with Crippen LogP contribution >= 0.6 is 0 Å². The van der Waals surface area contributed by atoms with Crippen LogP contribution in [0.1, 0.15) is 41.9 Å². The molecule has 1 N–H and O–H groups in total. The highest BCUT2D eigenvalue weighted by atomic mass is 15.4. The molecule has 1 aliphatic rings. The second-order valence-corrected chi connectivity index (χ2v) is 5.24. The summed E-state index contributed by atoms with van der Waals surface area (Å²) in [6, 6.07) is 6.95. The second kappa shape index (κ2) is 4.68. The van der Waals surface area contributed by atoms with Crippen molar-refractivity contribution in [1.29, 1.82) is 0 Å². The number of anilines is 1. The van der Waals surface area contributed by atoms with Gasteiger partial charge in [-0.25, -0.2) is 4.68 Å². The largest absolute Gasteiger partial charge is 0.354 e. The fourth-order valence-corrected chi connectivity index (χ4v) is 2.70. The van der Waals surface area contributed by atoms with Crippen LogP contribution in [0.2, 0.25) is 0 Å². The predicted molar refractivity (Wildman–Crippen MR) is 76.6 cm³/mol. The molecule has 0 bridgehead atoms. The molecule has 1 aromatic carbocycles. The van der Waals surface area contributed by atoms with Crippen LogP contribution in [-0.4, -0.2) is 21.3 Å². The summed E-state index contributed by atoms with van der Waals surface area (Å²) in [6.45, 7) is 7.37. The molecule has 3 rings (SSSR count). The summed E-state index contributed by atoms with van der Waals surface area (Å²) in [5.74, 6) is 1.83. The van der Waals surface area contributed by atoms with Crippen molar-refractivity contribution in [2.75, 3.05) is 11.9 Å². The van der Waals surface area contributed by atoms with Crippen LogP contribution in [0.25, 0.3) is 0 Å². The zero-order chi connectivity index (χ0) is 13.4. The molecule has 0 amide bonds. The Hall–Kier alpha value is -1.84. The number of aromatic nitrogens is 3. The summed E-state index contributed by atoms with van der Waals surface area (Å²) in [6.07, 6.45) is 1.94. The lowest BCUT2D eigenvalue weighted by Crippen LogP contribution is -2.25. The number of hydrogen-bond acceptors (Lipinski definition) is 3. The third kappa shape index (κ3) is 2.11. The van der Waals surface area contributed by atoms with Gasteiger partial charge in [0, 0.05) is 13.0 Å². The SMILES string of the molecule is CCc1nc2n(n1)C(c1cc(C)ccc1C)CCN2. The van der Waals surface area contributed by atoms with Gasteiger partial charge in [0.15, 0.2) is 5.82 Å². The summed E-state index contributed by atoms with van der Waals surface area (Å²) < 4.78 is 2.06. The van der Waals surface area contributed by atoms with Crippen LogP contribution in [-0.2, 0) is 6.42 Å². The maximum absolute atomic E-state index is 4.64. The van der Waals surface area contributed by atoms with E-state index >= 15 is 0 Å². The number of aryl methyl sites for hydroxylation is 3. The number of hydrogen-bond donors (Lipinski definition) is 1. The van der Waals surface area contributed by atoms with Gasteiger partial charge in [-0.3, -0.25) is 0 Å².